The lowest BCUT2D eigenvalue weighted by atomic mass is 9.44. The number of hydrogen-bond donors (Lipinski definition) is 0. The van der Waals surface area contributed by atoms with Gasteiger partial charge in [0.1, 0.15) is 5.82 Å². The van der Waals surface area contributed by atoms with E-state index >= 15 is 4.39 Å². The summed E-state index contributed by atoms with van der Waals surface area (Å²) in [6, 6.07) is 55.6. The molecule has 2 aliphatic heterocycles. The number of halogens is 1. The van der Waals surface area contributed by atoms with Crippen LogP contribution in [0.1, 0.15) is 0 Å². The van der Waals surface area contributed by atoms with E-state index in [9.17, 15) is 0 Å². The van der Waals surface area contributed by atoms with Crippen LogP contribution in [0.5, 0.6) is 0 Å². The molecule has 2 nitrogen and oxygen atoms in total. The standard InChI is InChI=1S/C44H26BFN2/c46-37-17-6-7-18-39(37)47-40-19-9-14-32-33-15-8-16-34-36-26-30(27-10-2-1-3-11-27)20-22-38(36)48(44(33)34)45(42(32)40)43-35-25-29-13-5-4-12-28(29)24-31(35)21-23-41(43)47/h1-26H. The zero-order valence-corrected chi connectivity index (χ0v) is 25.9. The number of aromatic nitrogens is 1. The van der Waals surface area contributed by atoms with E-state index in [1.165, 1.54) is 76.5 Å². The summed E-state index contributed by atoms with van der Waals surface area (Å²) in [5.41, 5.74) is 12.2. The van der Waals surface area contributed by atoms with Crippen molar-refractivity contribution in [3.8, 4) is 22.3 Å². The lowest BCUT2D eigenvalue weighted by Crippen LogP contribution is -2.57. The largest absolute Gasteiger partial charge is 0.375 e. The van der Waals surface area contributed by atoms with E-state index < -0.39 is 0 Å². The summed E-state index contributed by atoms with van der Waals surface area (Å²) >= 11 is 0. The van der Waals surface area contributed by atoms with Gasteiger partial charge in [-0.05, 0) is 97.7 Å². The molecule has 3 heterocycles. The van der Waals surface area contributed by atoms with Gasteiger partial charge in [-0.25, -0.2) is 4.39 Å². The molecule has 9 aromatic rings. The first-order valence-electron chi connectivity index (χ1n) is 16.5. The maximum Gasteiger partial charge on any atom is 0.333 e. The van der Waals surface area contributed by atoms with E-state index in [2.05, 4.69) is 143 Å². The second-order valence-electron chi connectivity index (χ2n) is 13.0. The number of benzene rings is 8. The van der Waals surface area contributed by atoms with Crippen LogP contribution in [0.2, 0.25) is 0 Å². The molecule has 0 bridgehead atoms. The number of nitrogens with zero attached hydrogens (tertiary/aromatic N) is 2. The number of rotatable bonds is 2. The van der Waals surface area contributed by atoms with Gasteiger partial charge in [0.15, 0.2) is 0 Å². The Bertz CT molecular complexity index is 2820. The molecule has 0 saturated carbocycles. The highest BCUT2D eigenvalue weighted by molar-refractivity contribution is 6.91. The smallest absolute Gasteiger partial charge is 0.333 e. The molecule has 2 aliphatic rings. The van der Waals surface area contributed by atoms with Gasteiger partial charge in [-0.3, -0.25) is 0 Å². The van der Waals surface area contributed by atoms with E-state index in [0.29, 0.717) is 5.69 Å². The first-order valence-corrected chi connectivity index (χ1v) is 16.5. The Morgan fingerprint density at radius 3 is 2.04 bits per heavy atom. The van der Waals surface area contributed by atoms with Crippen LogP contribution in [-0.2, 0) is 0 Å². The van der Waals surface area contributed by atoms with Crippen LogP contribution < -0.4 is 15.8 Å². The summed E-state index contributed by atoms with van der Waals surface area (Å²) in [6.07, 6.45) is 0. The SMILES string of the molecule is Fc1ccccc1N1c2cccc3c2B(c2c1ccc1cc4ccccc4cc21)n1c2ccc(-c4ccccc4)cc2c2cccc-3c21. The van der Waals surface area contributed by atoms with Crippen molar-refractivity contribution < 1.29 is 4.39 Å². The Balaban J connectivity index is 1.31. The first kappa shape index (κ1) is 26.0. The molecular weight excluding hydrogens is 586 g/mol. The van der Waals surface area contributed by atoms with Crippen LogP contribution in [0.3, 0.4) is 0 Å². The Morgan fingerprint density at radius 1 is 0.438 bits per heavy atom. The van der Waals surface area contributed by atoms with Crippen LogP contribution in [0.25, 0.3) is 65.6 Å². The van der Waals surface area contributed by atoms with Gasteiger partial charge in [0.05, 0.1) is 5.69 Å². The van der Waals surface area contributed by atoms with Gasteiger partial charge in [-0.2, -0.15) is 0 Å². The molecule has 0 atom stereocenters. The molecule has 0 radical (unpaired) electrons. The molecule has 0 amide bonds. The molecule has 0 spiro atoms. The predicted octanol–water partition coefficient (Wildman–Crippen LogP) is 10.3. The lowest BCUT2D eigenvalue weighted by molar-refractivity contribution is 0.629. The Labute approximate surface area is 277 Å². The van der Waals surface area contributed by atoms with E-state index in [4.69, 9.17) is 0 Å². The third kappa shape index (κ3) is 3.36. The van der Waals surface area contributed by atoms with Crippen molar-refractivity contribution in [2.45, 2.75) is 0 Å². The second-order valence-corrected chi connectivity index (χ2v) is 13.0. The average molecular weight is 613 g/mol. The van der Waals surface area contributed by atoms with Gasteiger partial charge >= 0.3 is 6.85 Å². The number of anilines is 3. The summed E-state index contributed by atoms with van der Waals surface area (Å²) < 4.78 is 18.5. The second kappa shape index (κ2) is 9.46. The lowest BCUT2D eigenvalue weighted by Gasteiger charge is -2.41. The van der Waals surface area contributed by atoms with E-state index in [1.54, 1.807) is 12.1 Å². The quantitative estimate of drug-likeness (QED) is 0.139. The fraction of sp³-hybridized carbons (Fsp3) is 0. The highest BCUT2D eigenvalue weighted by Gasteiger charge is 2.43. The molecule has 0 saturated heterocycles. The van der Waals surface area contributed by atoms with Crippen LogP contribution >= 0.6 is 0 Å². The normalized spacial score (nSPS) is 13.0. The molecule has 0 N–H and O–H groups in total. The van der Waals surface area contributed by atoms with Gasteiger partial charge in [0.2, 0.25) is 0 Å². The van der Waals surface area contributed by atoms with E-state index in [0.717, 1.165) is 11.4 Å². The third-order valence-corrected chi connectivity index (χ3v) is 10.6. The molecule has 8 aromatic carbocycles. The third-order valence-electron chi connectivity index (χ3n) is 10.6. The molecule has 11 rings (SSSR count). The fourth-order valence-corrected chi connectivity index (χ4v) is 8.60. The Hall–Kier alpha value is -6.13. The topological polar surface area (TPSA) is 8.17 Å². The van der Waals surface area contributed by atoms with Crippen molar-refractivity contribution in [1.82, 2.24) is 4.48 Å². The molecule has 4 heteroatoms. The molecule has 48 heavy (non-hydrogen) atoms. The first-order chi connectivity index (χ1) is 23.7. The minimum atomic E-state index is -0.239. The zero-order valence-electron chi connectivity index (χ0n) is 25.9. The summed E-state index contributed by atoms with van der Waals surface area (Å²) in [7, 11) is 0. The van der Waals surface area contributed by atoms with Crippen molar-refractivity contribution in [1.29, 1.82) is 0 Å². The summed E-state index contributed by atoms with van der Waals surface area (Å²) in [5, 5.41) is 7.27. The highest BCUT2D eigenvalue weighted by atomic mass is 19.1. The van der Waals surface area contributed by atoms with Crippen LogP contribution in [0, 0.1) is 5.82 Å². The summed E-state index contributed by atoms with van der Waals surface area (Å²) in [6.45, 7) is -0.114. The Kier molecular flexibility index (Phi) is 5.13. The van der Waals surface area contributed by atoms with Gasteiger partial charge in [0, 0.05) is 38.7 Å². The van der Waals surface area contributed by atoms with Crippen molar-refractivity contribution in [3.63, 3.8) is 0 Å². The Morgan fingerprint density at radius 2 is 1.17 bits per heavy atom. The molecule has 0 fully saturated rings. The minimum absolute atomic E-state index is 0.114. The van der Waals surface area contributed by atoms with Crippen molar-refractivity contribution in [3.05, 3.63) is 164 Å². The van der Waals surface area contributed by atoms with E-state index in [1.807, 2.05) is 12.1 Å². The van der Waals surface area contributed by atoms with Crippen molar-refractivity contribution in [2.75, 3.05) is 4.90 Å². The average Bonchev–Trinajstić information content (AvgIpc) is 3.47. The summed E-state index contributed by atoms with van der Waals surface area (Å²) in [4.78, 5) is 2.15. The maximum absolute atomic E-state index is 15.9. The highest BCUT2D eigenvalue weighted by Crippen LogP contribution is 2.46. The maximum atomic E-state index is 15.9. The predicted molar refractivity (Wildman–Crippen MR) is 200 cm³/mol. The number of para-hydroxylation sites is 2. The van der Waals surface area contributed by atoms with Crippen LogP contribution in [0.4, 0.5) is 21.5 Å². The van der Waals surface area contributed by atoms with Crippen molar-refractivity contribution >= 4 is 78.2 Å². The van der Waals surface area contributed by atoms with Gasteiger partial charge < -0.3 is 9.38 Å². The molecule has 0 aliphatic carbocycles. The molecule has 222 valence electrons. The van der Waals surface area contributed by atoms with Crippen molar-refractivity contribution in [2.24, 2.45) is 0 Å². The monoisotopic (exact) mass is 612 g/mol. The van der Waals surface area contributed by atoms with Crippen LogP contribution in [-0.4, -0.2) is 11.3 Å². The van der Waals surface area contributed by atoms with E-state index in [-0.39, 0.29) is 12.7 Å². The van der Waals surface area contributed by atoms with Gasteiger partial charge in [0.25, 0.3) is 0 Å². The van der Waals surface area contributed by atoms with Gasteiger partial charge in [-0.15, -0.1) is 0 Å². The fourth-order valence-electron chi connectivity index (χ4n) is 8.60. The van der Waals surface area contributed by atoms with Crippen LogP contribution in [0.15, 0.2) is 158 Å². The zero-order chi connectivity index (χ0) is 31.5. The minimum Gasteiger partial charge on any atom is -0.375 e. The molecule has 1 aromatic heterocycles. The number of fused-ring (bicyclic) bond motifs is 10. The van der Waals surface area contributed by atoms with Gasteiger partial charge in [-0.1, -0.05) is 109 Å². The molecular formula is C44H26BFN2. The number of hydrogen-bond acceptors (Lipinski definition) is 1. The molecule has 0 unspecified atom stereocenters. The summed E-state index contributed by atoms with van der Waals surface area (Å²) in [5.74, 6) is -0.239.